The summed E-state index contributed by atoms with van der Waals surface area (Å²) in [5, 5.41) is 0.616. The lowest BCUT2D eigenvalue weighted by atomic mass is 9.76. The predicted octanol–water partition coefficient (Wildman–Crippen LogP) is 8.21. The fourth-order valence-corrected chi connectivity index (χ4v) is 4.33. The summed E-state index contributed by atoms with van der Waals surface area (Å²) in [4.78, 5) is 0. The van der Waals surface area contributed by atoms with Gasteiger partial charge in [-0.25, -0.2) is 8.78 Å². The molecule has 1 aliphatic carbocycles. The second-order valence-electron chi connectivity index (χ2n) is 7.71. The van der Waals surface area contributed by atoms with E-state index in [-0.39, 0.29) is 11.5 Å². The van der Waals surface area contributed by atoms with E-state index in [2.05, 4.69) is 6.92 Å². The molecule has 2 aromatic carbocycles. The smallest absolute Gasteiger partial charge is 0.206 e. The maximum absolute atomic E-state index is 14.4. The number of fused-ring (bicyclic) bond motifs is 1. The van der Waals surface area contributed by atoms with Crippen molar-refractivity contribution in [2.24, 2.45) is 5.92 Å². The Morgan fingerprint density at radius 2 is 1.78 bits per heavy atom. The van der Waals surface area contributed by atoms with Gasteiger partial charge in [-0.2, -0.15) is 8.78 Å². The van der Waals surface area contributed by atoms with Crippen LogP contribution in [0.4, 0.5) is 17.6 Å². The molecule has 1 fully saturated rings. The fraction of sp³-hybridized carbons (Fsp3) is 0.478. The van der Waals surface area contributed by atoms with Crippen molar-refractivity contribution in [1.82, 2.24) is 0 Å². The predicted molar refractivity (Wildman–Crippen MR) is 103 cm³/mol. The van der Waals surface area contributed by atoms with Gasteiger partial charge in [-0.15, -0.1) is 0 Å². The first-order chi connectivity index (χ1) is 13.0. The second kappa shape index (κ2) is 8.90. The molecule has 3 rings (SSSR count). The molecule has 0 N–H and O–H groups in total. The van der Waals surface area contributed by atoms with Crippen LogP contribution in [0.25, 0.3) is 16.8 Å². The molecular formula is C23H26F4. The van der Waals surface area contributed by atoms with E-state index < -0.39 is 23.3 Å². The summed E-state index contributed by atoms with van der Waals surface area (Å²) >= 11 is 0. The van der Waals surface area contributed by atoms with Crippen LogP contribution in [0.1, 0.15) is 75.3 Å². The molecule has 1 aliphatic rings. The zero-order valence-corrected chi connectivity index (χ0v) is 15.7. The van der Waals surface area contributed by atoms with Crippen LogP contribution in [0, 0.1) is 17.6 Å². The Kier molecular flexibility index (Phi) is 6.56. The van der Waals surface area contributed by atoms with Crippen LogP contribution >= 0.6 is 0 Å². The maximum atomic E-state index is 14.4. The standard InChI is InChI=1S/C23H26F4/c1-2-3-4-5-15-6-8-16(9-7-15)17-10-11-19-18(12-17)13-21(24)20(23(19)27)14-22(25)26/h10-16H,2-9H2,1H3. The van der Waals surface area contributed by atoms with Crippen LogP contribution in [0.15, 0.2) is 30.3 Å². The molecule has 1 saturated carbocycles. The minimum Gasteiger partial charge on any atom is -0.206 e. The topological polar surface area (TPSA) is 0 Å². The summed E-state index contributed by atoms with van der Waals surface area (Å²) < 4.78 is 53.4. The van der Waals surface area contributed by atoms with Crippen LogP contribution < -0.4 is 0 Å². The van der Waals surface area contributed by atoms with Gasteiger partial charge in [-0.3, -0.25) is 0 Å². The quantitative estimate of drug-likeness (QED) is 0.351. The van der Waals surface area contributed by atoms with E-state index in [1.165, 1.54) is 38.5 Å². The number of unbranched alkanes of at least 4 members (excludes halogenated alkanes) is 2. The van der Waals surface area contributed by atoms with Crippen molar-refractivity contribution in [2.75, 3.05) is 0 Å². The highest BCUT2D eigenvalue weighted by molar-refractivity contribution is 5.86. The molecule has 0 atom stereocenters. The highest BCUT2D eigenvalue weighted by Crippen LogP contribution is 2.39. The molecule has 0 amide bonds. The molecule has 0 bridgehead atoms. The van der Waals surface area contributed by atoms with Crippen molar-refractivity contribution in [3.05, 3.63) is 53.1 Å². The summed E-state index contributed by atoms with van der Waals surface area (Å²) in [5.74, 6) is -0.674. The molecule has 0 aliphatic heterocycles. The van der Waals surface area contributed by atoms with E-state index in [9.17, 15) is 17.6 Å². The Bertz CT molecular complexity index is 813. The van der Waals surface area contributed by atoms with Crippen molar-refractivity contribution in [2.45, 2.75) is 64.2 Å². The third kappa shape index (κ3) is 4.72. The Morgan fingerprint density at radius 1 is 1.04 bits per heavy atom. The molecule has 0 nitrogen and oxygen atoms in total. The van der Waals surface area contributed by atoms with Crippen molar-refractivity contribution in [3.63, 3.8) is 0 Å². The van der Waals surface area contributed by atoms with Gasteiger partial charge in [0.25, 0.3) is 6.08 Å². The molecular weight excluding hydrogens is 352 g/mol. The molecule has 0 unspecified atom stereocenters. The van der Waals surface area contributed by atoms with Gasteiger partial charge in [-0.1, -0.05) is 50.8 Å². The van der Waals surface area contributed by atoms with Gasteiger partial charge in [0.1, 0.15) is 11.6 Å². The summed E-state index contributed by atoms with van der Waals surface area (Å²) in [6, 6.07) is 6.45. The molecule has 0 aromatic heterocycles. The van der Waals surface area contributed by atoms with Crippen molar-refractivity contribution in [1.29, 1.82) is 0 Å². The molecule has 0 heterocycles. The lowest BCUT2D eigenvalue weighted by Crippen LogP contribution is -2.13. The van der Waals surface area contributed by atoms with Gasteiger partial charge < -0.3 is 0 Å². The lowest BCUT2D eigenvalue weighted by molar-refractivity contribution is 0.303. The van der Waals surface area contributed by atoms with Crippen molar-refractivity contribution < 1.29 is 17.6 Å². The lowest BCUT2D eigenvalue weighted by Gasteiger charge is -2.29. The first kappa shape index (κ1) is 19.9. The third-order valence-electron chi connectivity index (χ3n) is 5.88. The minimum atomic E-state index is -2.11. The minimum absolute atomic E-state index is 0.181. The molecule has 27 heavy (non-hydrogen) atoms. The summed E-state index contributed by atoms with van der Waals surface area (Å²) in [7, 11) is 0. The Hall–Kier alpha value is -1.84. The summed E-state index contributed by atoms with van der Waals surface area (Å²) in [5.41, 5.74) is 0.413. The van der Waals surface area contributed by atoms with Gasteiger partial charge >= 0.3 is 0 Å². The van der Waals surface area contributed by atoms with Gasteiger partial charge in [0.2, 0.25) is 0 Å². The largest absolute Gasteiger partial charge is 0.271 e. The Labute approximate surface area is 158 Å². The number of hydrogen-bond donors (Lipinski definition) is 0. The zero-order chi connectivity index (χ0) is 19.4. The van der Waals surface area contributed by atoms with Gasteiger partial charge in [0.15, 0.2) is 0 Å². The molecule has 0 radical (unpaired) electrons. The van der Waals surface area contributed by atoms with E-state index in [1.54, 1.807) is 6.07 Å². The zero-order valence-electron chi connectivity index (χ0n) is 15.7. The SMILES string of the molecule is CCCCCC1CCC(c2ccc3c(F)c(C=C(F)F)c(F)cc3c2)CC1. The van der Waals surface area contributed by atoms with Gasteiger partial charge in [0.05, 0.1) is 5.56 Å². The van der Waals surface area contributed by atoms with E-state index in [1.807, 2.05) is 12.1 Å². The van der Waals surface area contributed by atoms with E-state index in [0.29, 0.717) is 11.3 Å². The summed E-state index contributed by atoms with van der Waals surface area (Å²) in [6.45, 7) is 2.22. The molecule has 4 heteroatoms. The van der Waals surface area contributed by atoms with Gasteiger partial charge in [0, 0.05) is 11.5 Å². The normalized spacial score (nSPS) is 20.0. The number of rotatable bonds is 6. The summed E-state index contributed by atoms with van der Waals surface area (Å²) in [6.07, 6.45) is 7.88. The van der Waals surface area contributed by atoms with Crippen LogP contribution in [-0.2, 0) is 0 Å². The average molecular weight is 378 g/mol. The van der Waals surface area contributed by atoms with Gasteiger partial charge in [-0.05, 0) is 54.5 Å². The first-order valence-corrected chi connectivity index (χ1v) is 9.94. The molecule has 0 saturated heterocycles. The molecule has 146 valence electrons. The second-order valence-corrected chi connectivity index (χ2v) is 7.71. The highest BCUT2D eigenvalue weighted by atomic mass is 19.3. The van der Waals surface area contributed by atoms with E-state index >= 15 is 0 Å². The fourth-order valence-electron chi connectivity index (χ4n) is 4.33. The number of benzene rings is 2. The van der Waals surface area contributed by atoms with Crippen LogP contribution in [0.3, 0.4) is 0 Å². The Morgan fingerprint density at radius 3 is 2.44 bits per heavy atom. The monoisotopic (exact) mass is 378 g/mol. The molecule has 2 aromatic rings. The maximum Gasteiger partial charge on any atom is 0.271 e. The van der Waals surface area contributed by atoms with E-state index in [0.717, 1.165) is 30.4 Å². The van der Waals surface area contributed by atoms with Crippen LogP contribution in [0.5, 0.6) is 0 Å². The number of halogens is 4. The van der Waals surface area contributed by atoms with E-state index in [4.69, 9.17) is 0 Å². The van der Waals surface area contributed by atoms with Crippen LogP contribution in [-0.4, -0.2) is 0 Å². The highest BCUT2D eigenvalue weighted by Gasteiger charge is 2.23. The average Bonchev–Trinajstić information content (AvgIpc) is 2.65. The molecule has 0 spiro atoms. The first-order valence-electron chi connectivity index (χ1n) is 9.94. The van der Waals surface area contributed by atoms with Crippen LogP contribution in [0.2, 0.25) is 0 Å². The number of hydrogen-bond acceptors (Lipinski definition) is 0. The third-order valence-corrected chi connectivity index (χ3v) is 5.88. The van der Waals surface area contributed by atoms with Crippen molar-refractivity contribution >= 4 is 16.8 Å². The Balaban J connectivity index is 1.77. The van der Waals surface area contributed by atoms with Crippen molar-refractivity contribution in [3.8, 4) is 0 Å².